The van der Waals surface area contributed by atoms with Crippen LogP contribution >= 0.6 is 0 Å². The number of carbonyl (C=O) groups excluding carboxylic acids is 3. The summed E-state index contributed by atoms with van der Waals surface area (Å²) in [6, 6.07) is 1.89. The highest BCUT2D eigenvalue weighted by Gasteiger charge is 2.42. The fraction of sp³-hybridized carbons (Fsp3) is 0.421. The van der Waals surface area contributed by atoms with E-state index in [1.54, 1.807) is 13.8 Å². The van der Waals surface area contributed by atoms with Gasteiger partial charge in [-0.25, -0.2) is 0 Å². The van der Waals surface area contributed by atoms with Gasteiger partial charge in [0.1, 0.15) is 17.8 Å². The Bertz CT molecular complexity index is 773. The molecule has 24 heavy (non-hydrogen) atoms. The van der Waals surface area contributed by atoms with E-state index in [0.29, 0.717) is 23.2 Å². The van der Waals surface area contributed by atoms with Crippen molar-refractivity contribution in [3.05, 3.63) is 39.9 Å². The van der Waals surface area contributed by atoms with Gasteiger partial charge in [-0.2, -0.15) is 0 Å². The number of amides is 2. The standard InChI is InChI=1S/C19H23NO4/c1-10(2)15(14-9-12(5)24-13(14)6)17-16(11(3)4)18(22)20(7-8-21)19(17)23/h8-10H,7H2,1-6H3/b17-15-. The van der Waals surface area contributed by atoms with E-state index in [0.717, 1.165) is 27.4 Å². The van der Waals surface area contributed by atoms with Crippen molar-refractivity contribution in [1.82, 2.24) is 4.90 Å². The molecule has 0 spiro atoms. The monoisotopic (exact) mass is 329 g/mol. The summed E-state index contributed by atoms with van der Waals surface area (Å²) in [5.41, 5.74) is 3.16. The highest BCUT2D eigenvalue weighted by Crippen LogP contribution is 2.39. The number of nitrogens with zero attached hydrogens (tertiary/aromatic N) is 1. The Morgan fingerprint density at radius 3 is 2.17 bits per heavy atom. The van der Waals surface area contributed by atoms with Crippen LogP contribution in [-0.4, -0.2) is 29.5 Å². The molecule has 1 fully saturated rings. The molecule has 0 bridgehead atoms. The lowest BCUT2D eigenvalue weighted by Crippen LogP contribution is -2.31. The molecule has 0 unspecified atom stereocenters. The minimum absolute atomic E-state index is 0.0120. The smallest absolute Gasteiger partial charge is 0.262 e. The number of allylic oxidation sites excluding steroid dienone is 2. The maximum absolute atomic E-state index is 12.9. The first kappa shape index (κ1) is 17.9. The van der Waals surface area contributed by atoms with Gasteiger partial charge in [-0.1, -0.05) is 19.4 Å². The van der Waals surface area contributed by atoms with Crippen molar-refractivity contribution in [1.29, 1.82) is 0 Å². The van der Waals surface area contributed by atoms with E-state index in [4.69, 9.17) is 4.42 Å². The summed E-state index contributed by atoms with van der Waals surface area (Å²) in [6.07, 6.45) is 0.573. The molecule has 0 aromatic carbocycles. The van der Waals surface area contributed by atoms with Crippen molar-refractivity contribution in [2.75, 3.05) is 6.54 Å². The minimum atomic E-state index is -0.412. The molecule has 0 aliphatic carbocycles. The van der Waals surface area contributed by atoms with Gasteiger partial charge in [0.15, 0.2) is 0 Å². The van der Waals surface area contributed by atoms with E-state index in [1.807, 2.05) is 33.8 Å². The van der Waals surface area contributed by atoms with Gasteiger partial charge in [0.2, 0.25) is 0 Å². The molecule has 1 aliphatic heterocycles. The van der Waals surface area contributed by atoms with Crippen LogP contribution < -0.4 is 0 Å². The second-order valence-electron chi connectivity index (χ2n) is 6.53. The first-order valence-corrected chi connectivity index (χ1v) is 7.99. The lowest BCUT2D eigenvalue weighted by Gasteiger charge is -2.15. The van der Waals surface area contributed by atoms with Crippen molar-refractivity contribution >= 4 is 23.7 Å². The summed E-state index contributed by atoms with van der Waals surface area (Å²) in [7, 11) is 0. The number of hydrogen-bond acceptors (Lipinski definition) is 4. The Kier molecular flexibility index (Phi) is 4.92. The van der Waals surface area contributed by atoms with Crippen LogP contribution in [-0.2, 0) is 14.4 Å². The summed E-state index contributed by atoms with van der Waals surface area (Å²) in [6.45, 7) is 11.0. The highest BCUT2D eigenvalue weighted by molar-refractivity contribution is 6.28. The molecule has 0 radical (unpaired) electrons. The van der Waals surface area contributed by atoms with Gasteiger partial charge in [0, 0.05) is 5.56 Å². The summed E-state index contributed by atoms with van der Waals surface area (Å²) in [5, 5.41) is 0. The van der Waals surface area contributed by atoms with Gasteiger partial charge in [-0.3, -0.25) is 14.5 Å². The molecule has 1 aromatic heterocycles. The molecule has 1 aromatic rings. The summed E-state index contributed by atoms with van der Waals surface area (Å²) < 4.78 is 5.62. The number of rotatable bonds is 4. The lowest BCUT2D eigenvalue weighted by atomic mass is 9.87. The zero-order valence-corrected chi connectivity index (χ0v) is 15.0. The van der Waals surface area contributed by atoms with Gasteiger partial charge < -0.3 is 9.21 Å². The van der Waals surface area contributed by atoms with Gasteiger partial charge in [0.25, 0.3) is 11.8 Å². The molecule has 0 saturated carbocycles. The van der Waals surface area contributed by atoms with Crippen molar-refractivity contribution in [3.63, 3.8) is 0 Å². The zero-order valence-electron chi connectivity index (χ0n) is 15.0. The largest absolute Gasteiger partial charge is 0.466 e. The first-order chi connectivity index (χ1) is 11.2. The summed E-state index contributed by atoms with van der Waals surface area (Å²) >= 11 is 0. The summed E-state index contributed by atoms with van der Waals surface area (Å²) in [5.74, 6) is 0.661. The third-order valence-electron chi connectivity index (χ3n) is 4.10. The van der Waals surface area contributed by atoms with Gasteiger partial charge in [-0.05, 0) is 45.3 Å². The molecular weight excluding hydrogens is 306 g/mol. The van der Waals surface area contributed by atoms with Gasteiger partial charge in [-0.15, -0.1) is 0 Å². The van der Waals surface area contributed by atoms with Crippen LogP contribution in [0.15, 0.2) is 27.2 Å². The summed E-state index contributed by atoms with van der Waals surface area (Å²) in [4.78, 5) is 37.4. The van der Waals surface area contributed by atoms with E-state index in [2.05, 4.69) is 0 Å². The third-order valence-corrected chi connectivity index (χ3v) is 4.10. The first-order valence-electron chi connectivity index (χ1n) is 7.99. The molecule has 5 nitrogen and oxygen atoms in total. The number of aldehydes is 1. The number of imide groups is 1. The predicted molar refractivity (Wildman–Crippen MR) is 91.1 cm³/mol. The Hall–Kier alpha value is -2.43. The van der Waals surface area contributed by atoms with Gasteiger partial charge in [0.05, 0.1) is 17.7 Å². The van der Waals surface area contributed by atoms with E-state index < -0.39 is 11.8 Å². The quantitative estimate of drug-likeness (QED) is 0.483. The fourth-order valence-electron chi connectivity index (χ4n) is 3.16. The van der Waals surface area contributed by atoms with E-state index >= 15 is 0 Å². The molecule has 1 aliphatic rings. The van der Waals surface area contributed by atoms with E-state index in [9.17, 15) is 14.4 Å². The van der Waals surface area contributed by atoms with E-state index in [1.165, 1.54) is 0 Å². The van der Waals surface area contributed by atoms with E-state index in [-0.39, 0.29) is 12.5 Å². The molecule has 0 N–H and O–H groups in total. The van der Waals surface area contributed by atoms with Crippen LogP contribution in [0.2, 0.25) is 0 Å². The molecule has 2 heterocycles. The van der Waals surface area contributed by atoms with Crippen LogP contribution in [0.1, 0.15) is 44.8 Å². The maximum Gasteiger partial charge on any atom is 0.262 e. The lowest BCUT2D eigenvalue weighted by molar-refractivity contribution is -0.138. The molecule has 0 atom stereocenters. The SMILES string of the molecule is CC(C)=C1C(=O)N(CC=O)C(=O)/C1=C(\c1cc(C)oc1C)C(C)C. The van der Waals surface area contributed by atoms with Crippen LogP contribution in [0.5, 0.6) is 0 Å². The highest BCUT2D eigenvalue weighted by atomic mass is 16.3. The van der Waals surface area contributed by atoms with Gasteiger partial charge >= 0.3 is 0 Å². The molecule has 2 rings (SSSR count). The second kappa shape index (κ2) is 6.59. The molecule has 1 saturated heterocycles. The molecule has 128 valence electrons. The van der Waals surface area contributed by atoms with Crippen molar-refractivity contribution in [2.24, 2.45) is 5.92 Å². The molecule has 2 amide bonds. The van der Waals surface area contributed by atoms with Crippen LogP contribution in [0.25, 0.3) is 5.57 Å². The number of likely N-dealkylation sites (tertiary alicyclic amines) is 1. The van der Waals surface area contributed by atoms with Crippen LogP contribution in [0.4, 0.5) is 0 Å². The maximum atomic E-state index is 12.9. The third kappa shape index (κ3) is 2.86. The normalized spacial score (nSPS) is 17.1. The molecular formula is C19H23NO4. The topological polar surface area (TPSA) is 67.6 Å². The Morgan fingerprint density at radius 1 is 1.17 bits per heavy atom. The van der Waals surface area contributed by atoms with Crippen LogP contribution in [0, 0.1) is 19.8 Å². The number of carbonyl (C=O) groups is 3. The van der Waals surface area contributed by atoms with Crippen LogP contribution in [0.3, 0.4) is 0 Å². The average molecular weight is 329 g/mol. The Morgan fingerprint density at radius 2 is 1.75 bits per heavy atom. The molecule has 5 heteroatoms. The van der Waals surface area contributed by atoms with Crippen molar-refractivity contribution in [2.45, 2.75) is 41.5 Å². The Balaban J connectivity index is 2.83. The van der Waals surface area contributed by atoms with Crippen molar-refractivity contribution in [3.8, 4) is 0 Å². The predicted octanol–water partition coefficient (Wildman–Crippen LogP) is 3.21. The number of hydrogen-bond donors (Lipinski definition) is 0. The van der Waals surface area contributed by atoms with Crippen molar-refractivity contribution < 1.29 is 18.8 Å². The minimum Gasteiger partial charge on any atom is -0.466 e. The number of aryl methyl sites for hydroxylation is 2. The Labute approximate surface area is 142 Å². The number of furan rings is 1. The fourth-order valence-corrected chi connectivity index (χ4v) is 3.16. The second-order valence-corrected chi connectivity index (χ2v) is 6.53. The zero-order chi connectivity index (χ0) is 18.2. The average Bonchev–Trinajstić information content (AvgIpc) is 2.91.